The third-order valence-corrected chi connectivity index (χ3v) is 7.65. The van der Waals surface area contributed by atoms with Gasteiger partial charge in [-0.3, -0.25) is 4.79 Å². The lowest BCUT2D eigenvalue weighted by atomic mass is 9.98. The highest BCUT2D eigenvalue weighted by Gasteiger charge is 2.15. The normalized spacial score (nSPS) is 12.5. The van der Waals surface area contributed by atoms with Crippen molar-refractivity contribution in [2.45, 2.75) is 25.9 Å². The third kappa shape index (κ3) is 6.08. The van der Waals surface area contributed by atoms with Crippen molar-refractivity contribution in [1.82, 2.24) is 5.32 Å². The lowest BCUT2D eigenvalue weighted by molar-refractivity contribution is 0.0951. The molecule has 3 aromatic carbocycles. The Kier molecular flexibility index (Phi) is 7.99. The fourth-order valence-corrected chi connectivity index (χ4v) is 5.34. The summed E-state index contributed by atoms with van der Waals surface area (Å²) in [5, 5.41) is 15.4. The molecule has 0 unspecified atom stereocenters. The second-order valence-electron chi connectivity index (χ2n) is 9.23. The molecule has 1 aliphatic rings. The first-order valence-corrected chi connectivity index (χ1v) is 13.4. The Labute approximate surface area is 234 Å². The van der Waals surface area contributed by atoms with Gasteiger partial charge in [-0.15, -0.1) is 11.3 Å². The van der Waals surface area contributed by atoms with Gasteiger partial charge in [-0.1, -0.05) is 24.3 Å². The van der Waals surface area contributed by atoms with Crippen LogP contribution in [0.25, 0.3) is 10.4 Å². The Morgan fingerprint density at radius 2 is 1.90 bits per heavy atom. The van der Waals surface area contributed by atoms with Crippen LogP contribution in [0.3, 0.4) is 0 Å². The van der Waals surface area contributed by atoms with E-state index >= 15 is 0 Å². The van der Waals surface area contributed by atoms with Crippen LogP contribution in [0.1, 0.15) is 43.9 Å². The molecule has 0 saturated heterocycles. The first-order valence-electron chi connectivity index (χ1n) is 12.6. The van der Waals surface area contributed by atoms with E-state index < -0.39 is 17.5 Å². The van der Waals surface area contributed by atoms with E-state index in [1.54, 1.807) is 29.7 Å². The monoisotopic (exact) mass is 553 g/mol. The highest BCUT2D eigenvalue weighted by molar-refractivity contribution is 7.15. The second kappa shape index (κ2) is 11.9. The molecule has 0 radical (unpaired) electrons. The number of amidine groups is 1. The summed E-state index contributed by atoms with van der Waals surface area (Å²) in [7, 11) is 0. The number of carbonyl (C=O) groups excluding carboxylic acids is 1. The van der Waals surface area contributed by atoms with Gasteiger partial charge in [0.1, 0.15) is 5.84 Å². The minimum absolute atomic E-state index is 0.00677. The molecule has 6 nitrogen and oxygen atoms in total. The zero-order chi connectivity index (χ0) is 28.1. The molecule has 1 amide bonds. The van der Waals surface area contributed by atoms with Crippen molar-refractivity contribution >= 4 is 28.8 Å². The zero-order valence-corrected chi connectivity index (χ0v) is 22.2. The number of thiophene rings is 1. The van der Waals surface area contributed by atoms with Crippen molar-refractivity contribution in [2.75, 3.05) is 5.32 Å². The van der Waals surface area contributed by atoms with E-state index in [9.17, 15) is 18.8 Å². The fraction of sp³-hybridized carbons (Fsp3) is 0.129. The lowest BCUT2D eigenvalue weighted by Gasteiger charge is -2.13. The van der Waals surface area contributed by atoms with Gasteiger partial charge in [0.15, 0.2) is 11.6 Å². The summed E-state index contributed by atoms with van der Waals surface area (Å²) in [4.78, 5) is 19.4. The summed E-state index contributed by atoms with van der Waals surface area (Å²) in [5.74, 6) is -1.87. The smallest absolute Gasteiger partial charge is 0.253 e. The number of amides is 1. The Morgan fingerprint density at radius 3 is 2.73 bits per heavy atom. The van der Waals surface area contributed by atoms with Crippen molar-refractivity contribution < 1.29 is 13.6 Å². The third-order valence-electron chi connectivity index (χ3n) is 6.51. The van der Waals surface area contributed by atoms with Crippen molar-refractivity contribution in [1.29, 1.82) is 5.26 Å². The quantitative estimate of drug-likeness (QED) is 0.251. The van der Waals surface area contributed by atoms with Gasteiger partial charge >= 0.3 is 0 Å². The van der Waals surface area contributed by atoms with Gasteiger partial charge in [0.2, 0.25) is 0 Å². The van der Waals surface area contributed by atoms with Crippen LogP contribution in [0.5, 0.6) is 0 Å². The minimum atomic E-state index is -0.981. The number of nitriles is 1. The van der Waals surface area contributed by atoms with Gasteiger partial charge in [0.05, 0.1) is 17.2 Å². The molecule has 0 aliphatic carbocycles. The molecule has 0 atom stereocenters. The van der Waals surface area contributed by atoms with Crippen LogP contribution in [-0.2, 0) is 19.5 Å². The second-order valence-corrected chi connectivity index (χ2v) is 10.4. The SMILES string of the molecule is N#Cc1ccc(NCc2ccc(-c3ccc4c(c3)C(N)=NC=CCC4)s2)c(C(=O)NCc2ccc(F)c(F)c2)c1. The predicted molar refractivity (Wildman–Crippen MR) is 154 cm³/mol. The number of nitrogens with one attached hydrogen (secondary N) is 2. The van der Waals surface area contributed by atoms with E-state index in [-0.39, 0.29) is 12.1 Å². The van der Waals surface area contributed by atoms with Gasteiger partial charge in [0.25, 0.3) is 5.91 Å². The number of aryl methyl sites for hydroxylation is 1. The molecule has 0 bridgehead atoms. The number of hydrogen-bond donors (Lipinski definition) is 3. The van der Waals surface area contributed by atoms with Crippen LogP contribution < -0.4 is 16.4 Å². The lowest BCUT2D eigenvalue weighted by Crippen LogP contribution is -2.24. The molecule has 4 N–H and O–H groups in total. The Morgan fingerprint density at radius 1 is 1.02 bits per heavy atom. The number of halogens is 2. The maximum absolute atomic E-state index is 13.5. The van der Waals surface area contributed by atoms with E-state index in [2.05, 4.69) is 33.8 Å². The zero-order valence-electron chi connectivity index (χ0n) is 21.4. The predicted octanol–water partition coefficient (Wildman–Crippen LogP) is 6.27. The maximum Gasteiger partial charge on any atom is 0.253 e. The minimum Gasteiger partial charge on any atom is -0.383 e. The van der Waals surface area contributed by atoms with Crippen LogP contribution in [-0.4, -0.2) is 11.7 Å². The largest absolute Gasteiger partial charge is 0.383 e. The first kappa shape index (κ1) is 26.8. The van der Waals surface area contributed by atoms with E-state index in [0.717, 1.165) is 45.9 Å². The molecule has 0 saturated carbocycles. The summed E-state index contributed by atoms with van der Waals surface area (Å²) in [5.41, 5.74) is 11.0. The van der Waals surface area contributed by atoms with Crippen LogP contribution in [0.2, 0.25) is 0 Å². The molecule has 9 heteroatoms. The average Bonchev–Trinajstić information content (AvgIpc) is 3.44. The summed E-state index contributed by atoms with van der Waals surface area (Å²) >= 11 is 1.62. The van der Waals surface area contributed by atoms with Crippen molar-refractivity contribution in [2.24, 2.45) is 10.7 Å². The van der Waals surface area contributed by atoms with Crippen molar-refractivity contribution in [3.63, 3.8) is 0 Å². The molecule has 2 heterocycles. The maximum atomic E-state index is 13.5. The van der Waals surface area contributed by atoms with Gasteiger partial charge in [-0.2, -0.15) is 5.26 Å². The van der Waals surface area contributed by atoms with E-state index in [0.29, 0.717) is 29.2 Å². The Bertz CT molecular complexity index is 1690. The molecule has 0 fully saturated rings. The van der Waals surface area contributed by atoms with Crippen LogP contribution in [0.4, 0.5) is 14.5 Å². The van der Waals surface area contributed by atoms with Gasteiger partial charge < -0.3 is 16.4 Å². The van der Waals surface area contributed by atoms with Crippen molar-refractivity contribution in [3.05, 3.63) is 123 Å². The molecular weight excluding hydrogens is 528 g/mol. The fourth-order valence-electron chi connectivity index (χ4n) is 4.40. The highest BCUT2D eigenvalue weighted by atomic mass is 32.1. The number of nitrogens with zero attached hydrogens (tertiary/aromatic N) is 2. The number of benzene rings is 3. The number of rotatable bonds is 7. The van der Waals surface area contributed by atoms with Crippen molar-refractivity contribution in [3.8, 4) is 16.5 Å². The molecule has 200 valence electrons. The Balaban J connectivity index is 1.30. The van der Waals surface area contributed by atoms with Gasteiger partial charge in [0, 0.05) is 40.3 Å². The number of carbonyl (C=O) groups is 1. The molecular formula is C31H25F2N5OS. The summed E-state index contributed by atoms with van der Waals surface area (Å²) in [6, 6.07) is 20.7. The number of fused-ring (bicyclic) bond motifs is 1. The van der Waals surface area contributed by atoms with Crippen LogP contribution in [0, 0.1) is 23.0 Å². The summed E-state index contributed by atoms with van der Waals surface area (Å²) in [6.45, 7) is 0.464. The molecule has 0 spiro atoms. The Hall–Kier alpha value is -4.81. The topological polar surface area (TPSA) is 103 Å². The molecule has 1 aromatic heterocycles. The van der Waals surface area contributed by atoms with E-state index in [1.165, 1.54) is 17.7 Å². The number of nitrogens with two attached hydrogens (primary N) is 1. The number of allylic oxidation sites excluding steroid dienone is 1. The highest BCUT2D eigenvalue weighted by Crippen LogP contribution is 2.31. The standard InChI is InChI=1S/C31H25F2N5OS/c32-26-9-4-20(14-27(26)33)17-38-31(39)25-13-19(16-34)5-10-28(25)37-18-23-8-11-29(40-23)22-7-6-21-3-1-2-12-36-30(35)24(21)15-22/h2,4-15,37H,1,3,17-18H2,(H2,35,36)(H,38,39). The summed E-state index contributed by atoms with van der Waals surface area (Å²) < 4.78 is 26.8. The molecule has 40 heavy (non-hydrogen) atoms. The van der Waals surface area contributed by atoms with E-state index in [1.807, 2.05) is 24.3 Å². The van der Waals surface area contributed by atoms with Gasteiger partial charge in [-0.25, -0.2) is 13.8 Å². The average molecular weight is 554 g/mol. The van der Waals surface area contributed by atoms with E-state index in [4.69, 9.17) is 5.73 Å². The summed E-state index contributed by atoms with van der Waals surface area (Å²) in [6.07, 6.45) is 5.58. The molecule has 5 rings (SSSR count). The number of anilines is 1. The number of aliphatic imine (C=N–C) groups is 1. The number of hydrogen-bond acceptors (Lipinski definition) is 6. The van der Waals surface area contributed by atoms with Crippen LogP contribution in [0.15, 0.2) is 84.0 Å². The van der Waals surface area contributed by atoms with Gasteiger partial charge in [-0.05, 0) is 78.1 Å². The van der Waals surface area contributed by atoms with Crippen LogP contribution >= 0.6 is 11.3 Å². The molecule has 1 aliphatic heterocycles. The first-order chi connectivity index (χ1) is 19.4. The molecule has 4 aromatic rings.